The third-order valence-electron chi connectivity index (χ3n) is 3.77. The zero-order valence-corrected chi connectivity index (χ0v) is 11.2. The molecule has 0 aromatic heterocycles. The highest BCUT2D eigenvalue weighted by atomic mass is 16.2. The fraction of sp³-hybridized carbons (Fsp3) is 0.846. The van der Waals surface area contributed by atoms with Gasteiger partial charge in [-0.3, -0.25) is 9.59 Å². The predicted octanol–water partition coefficient (Wildman–Crippen LogP) is 0.0153. The van der Waals surface area contributed by atoms with E-state index >= 15 is 0 Å². The monoisotopic (exact) mass is 253 g/mol. The number of rotatable bonds is 5. The van der Waals surface area contributed by atoms with Crippen molar-refractivity contribution < 1.29 is 9.59 Å². The lowest BCUT2D eigenvalue weighted by Crippen LogP contribution is -2.43. The Morgan fingerprint density at radius 1 is 1.28 bits per heavy atom. The van der Waals surface area contributed by atoms with E-state index in [4.69, 9.17) is 0 Å². The molecule has 5 heteroatoms. The van der Waals surface area contributed by atoms with E-state index in [0.717, 1.165) is 12.8 Å². The van der Waals surface area contributed by atoms with Crippen LogP contribution in [-0.4, -0.2) is 37.0 Å². The SMILES string of the molecule is CC(C)CNC(=O)CNC(=O)C1CC2CCC1N2. The van der Waals surface area contributed by atoms with Crippen LogP contribution in [0.2, 0.25) is 0 Å². The molecule has 0 spiro atoms. The van der Waals surface area contributed by atoms with Crippen LogP contribution in [0.3, 0.4) is 0 Å². The number of carbonyl (C=O) groups excluding carboxylic acids is 2. The molecule has 3 atom stereocenters. The predicted molar refractivity (Wildman–Crippen MR) is 68.9 cm³/mol. The molecule has 0 aliphatic carbocycles. The molecule has 2 aliphatic rings. The molecule has 0 radical (unpaired) electrons. The van der Waals surface area contributed by atoms with E-state index in [1.54, 1.807) is 0 Å². The summed E-state index contributed by atoms with van der Waals surface area (Å²) in [5.41, 5.74) is 0. The van der Waals surface area contributed by atoms with Crippen molar-refractivity contribution >= 4 is 11.8 Å². The lowest BCUT2D eigenvalue weighted by molar-refractivity contribution is -0.129. The molecule has 3 unspecified atom stereocenters. The van der Waals surface area contributed by atoms with Crippen molar-refractivity contribution in [1.82, 2.24) is 16.0 Å². The summed E-state index contributed by atoms with van der Waals surface area (Å²) in [5, 5.41) is 8.96. The first-order valence-corrected chi connectivity index (χ1v) is 6.86. The molecule has 2 fully saturated rings. The second-order valence-corrected chi connectivity index (χ2v) is 5.81. The van der Waals surface area contributed by atoms with Gasteiger partial charge in [0.2, 0.25) is 11.8 Å². The molecule has 2 bridgehead atoms. The highest BCUT2D eigenvalue weighted by molar-refractivity contribution is 5.86. The van der Waals surface area contributed by atoms with Crippen molar-refractivity contribution in [2.24, 2.45) is 11.8 Å². The minimum atomic E-state index is -0.104. The van der Waals surface area contributed by atoms with Crippen LogP contribution in [0, 0.1) is 11.8 Å². The van der Waals surface area contributed by atoms with Gasteiger partial charge in [-0.05, 0) is 25.2 Å². The van der Waals surface area contributed by atoms with Crippen LogP contribution >= 0.6 is 0 Å². The summed E-state index contributed by atoms with van der Waals surface area (Å²) in [6, 6.07) is 0.842. The van der Waals surface area contributed by atoms with Crippen molar-refractivity contribution in [2.45, 2.75) is 45.2 Å². The second kappa shape index (κ2) is 5.69. The lowest BCUT2D eigenvalue weighted by atomic mass is 9.88. The van der Waals surface area contributed by atoms with Crippen LogP contribution in [0.25, 0.3) is 0 Å². The Balaban J connectivity index is 1.67. The Hall–Kier alpha value is -1.10. The molecule has 2 rings (SSSR count). The summed E-state index contributed by atoms with van der Waals surface area (Å²) in [4.78, 5) is 23.4. The van der Waals surface area contributed by atoms with E-state index in [1.807, 2.05) is 13.8 Å². The summed E-state index contributed by atoms with van der Waals surface area (Å²) >= 11 is 0. The molecular weight excluding hydrogens is 230 g/mol. The Bertz CT molecular complexity index is 330. The average molecular weight is 253 g/mol. The summed E-state index contributed by atoms with van der Waals surface area (Å²) in [5.74, 6) is 0.406. The van der Waals surface area contributed by atoms with Gasteiger partial charge in [0.15, 0.2) is 0 Å². The highest BCUT2D eigenvalue weighted by Gasteiger charge is 2.42. The average Bonchev–Trinajstić information content (AvgIpc) is 2.95. The van der Waals surface area contributed by atoms with Gasteiger partial charge in [-0.2, -0.15) is 0 Å². The van der Waals surface area contributed by atoms with E-state index in [0.29, 0.717) is 24.5 Å². The number of nitrogens with one attached hydrogen (secondary N) is 3. The zero-order chi connectivity index (χ0) is 13.1. The molecule has 102 valence electrons. The molecule has 0 saturated carbocycles. The smallest absolute Gasteiger partial charge is 0.239 e. The van der Waals surface area contributed by atoms with Crippen LogP contribution in [-0.2, 0) is 9.59 Å². The van der Waals surface area contributed by atoms with Crippen molar-refractivity contribution in [3.8, 4) is 0 Å². The van der Waals surface area contributed by atoms with E-state index in [2.05, 4.69) is 16.0 Å². The van der Waals surface area contributed by atoms with Crippen LogP contribution in [0.5, 0.6) is 0 Å². The largest absolute Gasteiger partial charge is 0.354 e. The molecule has 5 nitrogen and oxygen atoms in total. The quantitative estimate of drug-likeness (QED) is 0.646. The third-order valence-corrected chi connectivity index (χ3v) is 3.77. The first-order valence-electron chi connectivity index (χ1n) is 6.86. The maximum atomic E-state index is 11.9. The van der Waals surface area contributed by atoms with Gasteiger partial charge in [-0.25, -0.2) is 0 Å². The topological polar surface area (TPSA) is 70.2 Å². The first kappa shape index (κ1) is 13.3. The minimum Gasteiger partial charge on any atom is -0.354 e. The number of hydrogen-bond donors (Lipinski definition) is 3. The fourth-order valence-electron chi connectivity index (χ4n) is 2.79. The number of hydrogen-bond acceptors (Lipinski definition) is 3. The summed E-state index contributed by atoms with van der Waals surface area (Å²) < 4.78 is 0. The van der Waals surface area contributed by atoms with Gasteiger partial charge in [-0.1, -0.05) is 13.8 Å². The van der Waals surface area contributed by atoms with E-state index in [-0.39, 0.29) is 24.3 Å². The minimum absolute atomic E-state index is 0.0226. The fourth-order valence-corrected chi connectivity index (χ4v) is 2.79. The van der Waals surface area contributed by atoms with Gasteiger partial charge in [0.05, 0.1) is 12.5 Å². The lowest BCUT2D eigenvalue weighted by Gasteiger charge is -2.19. The molecule has 3 N–H and O–H groups in total. The number of carbonyl (C=O) groups is 2. The van der Waals surface area contributed by atoms with Crippen LogP contribution < -0.4 is 16.0 Å². The Morgan fingerprint density at radius 3 is 2.61 bits per heavy atom. The Labute approximate surface area is 108 Å². The van der Waals surface area contributed by atoms with Gasteiger partial charge in [0.25, 0.3) is 0 Å². The molecule has 2 amide bonds. The number of fused-ring (bicyclic) bond motifs is 2. The van der Waals surface area contributed by atoms with Crippen molar-refractivity contribution in [1.29, 1.82) is 0 Å². The first-order chi connectivity index (χ1) is 8.56. The maximum absolute atomic E-state index is 11.9. The molecule has 2 heterocycles. The van der Waals surface area contributed by atoms with Crippen molar-refractivity contribution in [2.75, 3.05) is 13.1 Å². The molecule has 18 heavy (non-hydrogen) atoms. The van der Waals surface area contributed by atoms with E-state index < -0.39 is 0 Å². The summed E-state index contributed by atoms with van der Waals surface area (Å²) in [6.45, 7) is 4.84. The van der Waals surface area contributed by atoms with Gasteiger partial charge in [0.1, 0.15) is 0 Å². The van der Waals surface area contributed by atoms with Gasteiger partial charge >= 0.3 is 0 Å². The Morgan fingerprint density at radius 2 is 2.06 bits per heavy atom. The number of amides is 2. The molecule has 2 aliphatic heterocycles. The van der Waals surface area contributed by atoms with Crippen molar-refractivity contribution in [3.05, 3.63) is 0 Å². The summed E-state index contributed by atoms with van der Waals surface area (Å²) in [7, 11) is 0. The maximum Gasteiger partial charge on any atom is 0.239 e. The molecule has 0 aromatic carbocycles. The molecule has 2 saturated heterocycles. The molecular formula is C13H23N3O2. The van der Waals surface area contributed by atoms with Gasteiger partial charge < -0.3 is 16.0 Å². The standard InChI is InChI=1S/C13H23N3O2/c1-8(2)6-14-12(17)7-15-13(18)10-5-9-3-4-11(10)16-9/h8-11,16H,3-7H2,1-2H3,(H,14,17)(H,15,18). The van der Waals surface area contributed by atoms with E-state index in [1.165, 1.54) is 6.42 Å². The second-order valence-electron chi connectivity index (χ2n) is 5.81. The van der Waals surface area contributed by atoms with Gasteiger partial charge in [0, 0.05) is 18.6 Å². The third kappa shape index (κ3) is 3.22. The highest BCUT2D eigenvalue weighted by Crippen LogP contribution is 2.33. The molecule has 0 aromatic rings. The van der Waals surface area contributed by atoms with Crippen LogP contribution in [0.4, 0.5) is 0 Å². The summed E-state index contributed by atoms with van der Waals surface area (Å²) in [6.07, 6.45) is 3.19. The zero-order valence-electron chi connectivity index (χ0n) is 11.2. The van der Waals surface area contributed by atoms with Crippen LogP contribution in [0.15, 0.2) is 0 Å². The van der Waals surface area contributed by atoms with Crippen molar-refractivity contribution in [3.63, 3.8) is 0 Å². The van der Waals surface area contributed by atoms with E-state index in [9.17, 15) is 9.59 Å². The van der Waals surface area contributed by atoms with Gasteiger partial charge in [-0.15, -0.1) is 0 Å². The van der Waals surface area contributed by atoms with Crippen LogP contribution in [0.1, 0.15) is 33.1 Å². The Kier molecular flexibility index (Phi) is 4.22. The normalized spacial score (nSPS) is 29.6.